The lowest BCUT2D eigenvalue weighted by atomic mass is 10.3. The van der Waals surface area contributed by atoms with Crippen molar-refractivity contribution in [3.63, 3.8) is 0 Å². The van der Waals surface area contributed by atoms with Crippen molar-refractivity contribution in [2.45, 2.75) is 61.8 Å². The summed E-state index contributed by atoms with van der Waals surface area (Å²) in [5.74, 6) is 0. The van der Waals surface area contributed by atoms with E-state index in [0.29, 0.717) is 0 Å². The zero-order valence-corrected chi connectivity index (χ0v) is 11.9. The molecule has 1 nitrogen and oxygen atoms in total. The van der Waals surface area contributed by atoms with Crippen molar-refractivity contribution in [2.24, 2.45) is 0 Å². The third-order valence-electron chi connectivity index (χ3n) is 1.05. The Morgan fingerprint density at radius 3 is 1.60 bits per heavy atom. The molecule has 90 valence electrons. The topological polar surface area (TPSA) is 12.9 Å². The third kappa shape index (κ3) is 19.5. The molecule has 1 aromatic rings. The maximum atomic E-state index is 4.04. The molecular formula is C14H29N. The molecule has 0 atom stereocenters. The standard InChI is InChI=1S/C7H9N.C3H8.2C2H6/c1-6-3-4-8-7(2)5-6;1-3-2;2*1-2/h3-5H,1-2H3;3H2,1-2H3;2*1-2H3. The van der Waals surface area contributed by atoms with Gasteiger partial charge in [-0.15, -0.1) is 0 Å². The van der Waals surface area contributed by atoms with E-state index in [4.69, 9.17) is 0 Å². The molecule has 0 radical (unpaired) electrons. The van der Waals surface area contributed by atoms with Gasteiger partial charge in [0.2, 0.25) is 0 Å². The molecule has 0 spiro atoms. The van der Waals surface area contributed by atoms with E-state index in [1.807, 2.05) is 46.9 Å². The van der Waals surface area contributed by atoms with Crippen LogP contribution in [-0.2, 0) is 0 Å². The van der Waals surface area contributed by atoms with Crippen molar-refractivity contribution in [2.75, 3.05) is 0 Å². The molecule has 1 rings (SSSR count). The number of pyridine rings is 1. The highest BCUT2D eigenvalue weighted by atomic mass is 14.6. The fraction of sp³-hybridized carbons (Fsp3) is 0.643. The van der Waals surface area contributed by atoms with Crippen LogP contribution in [0.25, 0.3) is 0 Å². The zero-order chi connectivity index (χ0) is 12.7. The van der Waals surface area contributed by atoms with E-state index < -0.39 is 0 Å². The van der Waals surface area contributed by atoms with Gasteiger partial charge in [-0.3, -0.25) is 4.98 Å². The van der Waals surface area contributed by atoms with Crippen molar-refractivity contribution in [1.82, 2.24) is 4.98 Å². The number of aryl methyl sites for hydroxylation is 2. The molecule has 0 saturated heterocycles. The second-order valence-corrected chi connectivity index (χ2v) is 2.68. The van der Waals surface area contributed by atoms with E-state index in [-0.39, 0.29) is 0 Å². The van der Waals surface area contributed by atoms with Gasteiger partial charge in [0.15, 0.2) is 0 Å². The second kappa shape index (κ2) is 18.8. The number of nitrogens with zero attached hydrogens (tertiary/aromatic N) is 1. The summed E-state index contributed by atoms with van der Waals surface area (Å²) in [6.45, 7) is 16.3. The van der Waals surface area contributed by atoms with Crippen LogP contribution in [0.15, 0.2) is 18.3 Å². The van der Waals surface area contributed by atoms with Crippen LogP contribution in [0.2, 0.25) is 0 Å². The fourth-order valence-corrected chi connectivity index (χ4v) is 0.687. The Kier molecular flexibility index (Phi) is 24.7. The molecule has 0 unspecified atom stereocenters. The molecule has 1 heteroatoms. The summed E-state index contributed by atoms with van der Waals surface area (Å²) in [7, 11) is 0. The SMILES string of the molecule is CC.CC.CCC.Cc1ccnc(C)c1. The van der Waals surface area contributed by atoms with E-state index in [2.05, 4.69) is 31.8 Å². The largest absolute Gasteiger partial charge is 0.262 e. The lowest BCUT2D eigenvalue weighted by molar-refractivity contribution is 1.09. The normalized spacial score (nSPS) is 6.93. The molecule has 0 N–H and O–H groups in total. The van der Waals surface area contributed by atoms with Gasteiger partial charge in [-0.1, -0.05) is 48.0 Å². The molecule has 1 heterocycles. The van der Waals surface area contributed by atoms with Crippen molar-refractivity contribution in [3.05, 3.63) is 29.6 Å². The van der Waals surface area contributed by atoms with Crippen LogP contribution in [0.1, 0.15) is 59.2 Å². The molecule has 0 aliphatic rings. The molecule has 1 aromatic heterocycles. The van der Waals surface area contributed by atoms with E-state index >= 15 is 0 Å². The predicted octanol–water partition coefficient (Wildman–Crippen LogP) is 5.17. The summed E-state index contributed by atoms with van der Waals surface area (Å²) < 4.78 is 0. The maximum absolute atomic E-state index is 4.04. The first-order valence-electron chi connectivity index (χ1n) is 6.10. The molecule has 0 aliphatic carbocycles. The summed E-state index contributed by atoms with van der Waals surface area (Å²) in [5.41, 5.74) is 2.36. The van der Waals surface area contributed by atoms with Gasteiger partial charge in [0.25, 0.3) is 0 Å². The second-order valence-electron chi connectivity index (χ2n) is 2.68. The van der Waals surface area contributed by atoms with Gasteiger partial charge >= 0.3 is 0 Å². The van der Waals surface area contributed by atoms with Crippen LogP contribution in [-0.4, -0.2) is 4.98 Å². The quantitative estimate of drug-likeness (QED) is 0.577. The smallest absolute Gasteiger partial charge is 0.0375 e. The van der Waals surface area contributed by atoms with E-state index in [0.717, 1.165) is 5.69 Å². The number of rotatable bonds is 0. The van der Waals surface area contributed by atoms with Gasteiger partial charge in [0.05, 0.1) is 0 Å². The fourth-order valence-electron chi connectivity index (χ4n) is 0.687. The molecule has 0 amide bonds. The van der Waals surface area contributed by atoms with Gasteiger partial charge in [-0.25, -0.2) is 0 Å². The van der Waals surface area contributed by atoms with Gasteiger partial charge in [-0.2, -0.15) is 0 Å². The summed E-state index contributed by atoms with van der Waals surface area (Å²) in [5, 5.41) is 0. The molecule has 15 heavy (non-hydrogen) atoms. The van der Waals surface area contributed by atoms with Crippen LogP contribution in [0.5, 0.6) is 0 Å². The number of aromatic nitrogens is 1. The monoisotopic (exact) mass is 211 g/mol. The first kappa shape index (κ1) is 19.7. The molecular weight excluding hydrogens is 182 g/mol. The highest BCUT2D eigenvalue weighted by Gasteiger charge is 1.82. The van der Waals surface area contributed by atoms with Gasteiger partial charge in [0, 0.05) is 11.9 Å². The van der Waals surface area contributed by atoms with Crippen LogP contribution >= 0.6 is 0 Å². The Bertz CT molecular complexity index is 177. The Morgan fingerprint density at radius 2 is 1.40 bits per heavy atom. The Morgan fingerprint density at radius 1 is 1.00 bits per heavy atom. The van der Waals surface area contributed by atoms with Gasteiger partial charge < -0.3 is 0 Å². The van der Waals surface area contributed by atoms with Crippen LogP contribution in [0.4, 0.5) is 0 Å². The minimum atomic E-state index is 1.09. The summed E-state index contributed by atoms with van der Waals surface area (Å²) in [4.78, 5) is 4.04. The van der Waals surface area contributed by atoms with Gasteiger partial charge in [0.1, 0.15) is 0 Å². The first-order valence-corrected chi connectivity index (χ1v) is 6.10. The summed E-state index contributed by atoms with van der Waals surface area (Å²) >= 11 is 0. The van der Waals surface area contributed by atoms with Crippen LogP contribution in [0.3, 0.4) is 0 Å². The lowest BCUT2D eigenvalue weighted by Crippen LogP contribution is -1.78. The van der Waals surface area contributed by atoms with Crippen LogP contribution in [0, 0.1) is 13.8 Å². The Labute approximate surface area is 97.0 Å². The average Bonchev–Trinajstić information content (AvgIpc) is 2.24. The minimum Gasteiger partial charge on any atom is -0.262 e. The van der Waals surface area contributed by atoms with Crippen molar-refractivity contribution in [3.8, 4) is 0 Å². The number of hydrogen-bond acceptors (Lipinski definition) is 1. The molecule has 0 fully saturated rings. The molecule has 0 saturated carbocycles. The zero-order valence-electron chi connectivity index (χ0n) is 11.9. The maximum Gasteiger partial charge on any atom is 0.0375 e. The highest BCUT2D eigenvalue weighted by molar-refractivity contribution is 5.12. The number of hydrogen-bond donors (Lipinski definition) is 0. The summed E-state index contributed by atoms with van der Waals surface area (Å²) in [6, 6.07) is 4.05. The van der Waals surface area contributed by atoms with Crippen LogP contribution < -0.4 is 0 Å². The van der Waals surface area contributed by atoms with E-state index in [1.54, 1.807) is 0 Å². The van der Waals surface area contributed by atoms with Crippen molar-refractivity contribution < 1.29 is 0 Å². The Balaban J connectivity index is -0.000000176. The Hall–Kier alpha value is -0.850. The molecule has 0 aromatic carbocycles. The lowest BCUT2D eigenvalue weighted by Gasteiger charge is -1.90. The van der Waals surface area contributed by atoms with E-state index in [9.17, 15) is 0 Å². The van der Waals surface area contributed by atoms with E-state index in [1.165, 1.54) is 12.0 Å². The van der Waals surface area contributed by atoms with Gasteiger partial charge in [-0.05, 0) is 31.5 Å². The van der Waals surface area contributed by atoms with Crippen molar-refractivity contribution in [1.29, 1.82) is 0 Å². The van der Waals surface area contributed by atoms with Crippen molar-refractivity contribution >= 4 is 0 Å². The highest BCUT2D eigenvalue weighted by Crippen LogP contribution is 1.95. The minimum absolute atomic E-state index is 1.09. The first-order chi connectivity index (χ1) is 7.20. The molecule has 0 aliphatic heterocycles. The third-order valence-corrected chi connectivity index (χ3v) is 1.05. The molecule has 0 bridgehead atoms. The average molecular weight is 211 g/mol. The predicted molar refractivity (Wildman–Crippen MR) is 72.4 cm³/mol. The summed E-state index contributed by atoms with van der Waals surface area (Å²) in [6.07, 6.45) is 3.07.